The van der Waals surface area contributed by atoms with E-state index in [2.05, 4.69) is 0 Å². The number of aliphatic carboxylic acids is 1. The molecule has 0 spiro atoms. The van der Waals surface area contributed by atoms with Crippen molar-refractivity contribution in [1.82, 2.24) is 4.90 Å². The Morgan fingerprint density at radius 2 is 2.21 bits per heavy atom. The standard InChI is InChI=1S/C12H16ClNO3S2/c1-3-9(12(16)17)14(2)11(15)7-18-6-8-4-5-10(13)19-8/h4-5,9H,3,6-7H2,1-2H3,(H,16,17). The van der Waals surface area contributed by atoms with Crippen LogP contribution in [0.2, 0.25) is 4.34 Å². The van der Waals surface area contributed by atoms with Crippen molar-refractivity contribution in [3.05, 3.63) is 21.3 Å². The number of carboxylic acid groups (broad SMARTS) is 1. The summed E-state index contributed by atoms with van der Waals surface area (Å²) in [5, 5.41) is 8.99. The molecule has 0 aliphatic rings. The number of rotatable bonds is 7. The molecule has 1 aromatic heterocycles. The monoisotopic (exact) mass is 321 g/mol. The lowest BCUT2D eigenvalue weighted by Gasteiger charge is -2.23. The normalized spacial score (nSPS) is 12.2. The van der Waals surface area contributed by atoms with Crippen LogP contribution >= 0.6 is 34.7 Å². The summed E-state index contributed by atoms with van der Waals surface area (Å²) in [4.78, 5) is 25.2. The highest BCUT2D eigenvalue weighted by Gasteiger charge is 2.24. The maximum atomic E-state index is 11.9. The van der Waals surface area contributed by atoms with E-state index in [1.807, 2.05) is 12.1 Å². The van der Waals surface area contributed by atoms with Crippen LogP contribution in [-0.2, 0) is 15.3 Å². The number of halogens is 1. The van der Waals surface area contributed by atoms with Gasteiger partial charge < -0.3 is 10.0 Å². The van der Waals surface area contributed by atoms with E-state index in [1.165, 1.54) is 35.0 Å². The highest BCUT2D eigenvalue weighted by atomic mass is 35.5. The number of carboxylic acids is 1. The first-order valence-corrected chi connectivity index (χ1v) is 8.11. The number of carbonyl (C=O) groups excluding carboxylic acids is 1. The summed E-state index contributed by atoms with van der Waals surface area (Å²) >= 11 is 8.77. The minimum atomic E-state index is -0.964. The molecule has 0 fully saturated rings. The van der Waals surface area contributed by atoms with Crippen LogP contribution in [0.3, 0.4) is 0 Å². The summed E-state index contributed by atoms with van der Waals surface area (Å²) < 4.78 is 0.732. The van der Waals surface area contributed by atoms with Crippen LogP contribution in [0.4, 0.5) is 0 Å². The fourth-order valence-corrected chi connectivity index (χ4v) is 3.70. The number of thioether (sulfide) groups is 1. The molecule has 1 amide bonds. The highest BCUT2D eigenvalue weighted by Crippen LogP contribution is 2.25. The van der Waals surface area contributed by atoms with Gasteiger partial charge in [-0.25, -0.2) is 4.79 Å². The van der Waals surface area contributed by atoms with Crippen LogP contribution in [0, 0.1) is 0 Å². The summed E-state index contributed by atoms with van der Waals surface area (Å²) in [6.45, 7) is 1.75. The van der Waals surface area contributed by atoms with Gasteiger partial charge in [-0.3, -0.25) is 4.79 Å². The SMILES string of the molecule is CCC(C(=O)O)N(C)C(=O)CSCc1ccc(Cl)s1. The number of nitrogens with zero attached hydrogens (tertiary/aromatic N) is 1. The van der Waals surface area contributed by atoms with Gasteiger partial charge in [-0.2, -0.15) is 0 Å². The Morgan fingerprint density at radius 1 is 1.53 bits per heavy atom. The zero-order valence-corrected chi connectivity index (χ0v) is 13.1. The van der Waals surface area contributed by atoms with Gasteiger partial charge in [-0.05, 0) is 18.6 Å². The van der Waals surface area contributed by atoms with Gasteiger partial charge in [0.1, 0.15) is 6.04 Å². The second-order valence-corrected chi connectivity index (χ2v) is 6.75. The highest BCUT2D eigenvalue weighted by molar-refractivity contribution is 7.99. The van der Waals surface area contributed by atoms with Crippen molar-refractivity contribution < 1.29 is 14.7 Å². The largest absolute Gasteiger partial charge is 0.480 e. The Labute approximate surface area is 125 Å². The Balaban J connectivity index is 2.40. The molecular formula is C12H16ClNO3S2. The summed E-state index contributed by atoms with van der Waals surface area (Å²) in [5.74, 6) is -0.147. The molecule has 0 saturated heterocycles. The Morgan fingerprint density at radius 3 is 2.68 bits per heavy atom. The van der Waals surface area contributed by atoms with Crippen LogP contribution in [0.1, 0.15) is 18.2 Å². The maximum absolute atomic E-state index is 11.9. The van der Waals surface area contributed by atoms with Crippen molar-refractivity contribution in [1.29, 1.82) is 0 Å². The van der Waals surface area contributed by atoms with Gasteiger partial charge in [-0.15, -0.1) is 23.1 Å². The van der Waals surface area contributed by atoms with E-state index in [-0.39, 0.29) is 11.7 Å². The van der Waals surface area contributed by atoms with Crippen molar-refractivity contribution in [2.45, 2.75) is 25.1 Å². The zero-order chi connectivity index (χ0) is 14.4. The van der Waals surface area contributed by atoms with Gasteiger partial charge in [-0.1, -0.05) is 18.5 Å². The molecule has 19 heavy (non-hydrogen) atoms. The van der Waals surface area contributed by atoms with Crippen LogP contribution in [0.25, 0.3) is 0 Å². The molecule has 0 radical (unpaired) electrons. The topological polar surface area (TPSA) is 57.6 Å². The summed E-state index contributed by atoms with van der Waals surface area (Å²) in [5.41, 5.74) is 0. The average Bonchev–Trinajstić information content (AvgIpc) is 2.75. The van der Waals surface area contributed by atoms with E-state index >= 15 is 0 Å². The van der Waals surface area contributed by atoms with Crippen molar-refractivity contribution in [3.63, 3.8) is 0 Å². The third-order valence-electron chi connectivity index (χ3n) is 2.63. The molecule has 0 aliphatic carbocycles. The number of likely N-dealkylation sites (N-methyl/N-ethyl adjacent to an activating group) is 1. The van der Waals surface area contributed by atoms with E-state index < -0.39 is 12.0 Å². The Bertz CT molecular complexity index is 450. The van der Waals surface area contributed by atoms with Gasteiger partial charge in [0.15, 0.2) is 0 Å². The van der Waals surface area contributed by atoms with Crippen molar-refractivity contribution in [2.75, 3.05) is 12.8 Å². The molecule has 0 aromatic carbocycles. The Hall–Kier alpha value is -0.720. The van der Waals surface area contributed by atoms with Gasteiger partial charge in [0, 0.05) is 17.7 Å². The number of hydrogen-bond acceptors (Lipinski definition) is 4. The second-order valence-electron chi connectivity index (χ2n) is 3.97. The fourth-order valence-electron chi connectivity index (χ4n) is 1.56. The smallest absolute Gasteiger partial charge is 0.326 e. The van der Waals surface area contributed by atoms with Crippen LogP contribution in [0.15, 0.2) is 12.1 Å². The van der Waals surface area contributed by atoms with E-state index in [0.717, 1.165) is 9.21 Å². The van der Waals surface area contributed by atoms with Crippen LogP contribution in [0.5, 0.6) is 0 Å². The molecule has 106 valence electrons. The molecule has 0 saturated carbocycles. The van der Waals surface area contributed by atoms with Gasteiger partial charge in [0.05, 0.1) is 10.1 Å². The van der Waals surface area contributed by atoms with Crippen LogP contribution in [-0.4, -0.2) is 40.7 Å². The molecule has 1 heterocycles. The van der Waals surface area contributed by atoms with Crippen molar-refractivity contribution in [3.8, 4) is 0 Å². The number of thiophene rings is 1. The molecular weight excluding hydrogens is 306 g/mol. The summed E-state index contributed by atoms with van der Waals surface area (Å²) in [6.07, 6.45) is 0.406. The first-order valence-electron chi connectivity index (χ1n) is 5.76. The van der Waals surface area contributed by atoms with Gasteiger partial charge >= 0.3 is 5.97 Å². The maximum Gasteiger partial charge on any atom is 0.326 e. The van der Waals surface area contributed by atoms with Gasteiger partial charge in [0.2, 0.25) is 5.91 Å². The zero-order valence-electron chi connectivity index (χ0n) is 10.8. The predicted octanol–water partition coefficient (Wildman–Crippen LogP) is 2.96. The Kier molecular flexibility index (Phi) is 6.68. The summed E-state index contributed by atoms with van der Waals surface area (Å²) in [7, 11) is 1.53. The minimum absolute atomic E-state index is 0.165. The quantitative estimate of drug-likeness (QED) is 0.839. The third kappa shape index (κ3) is 5.04. The fraction of sp³-hybridized carbons (Fsp3) is 0.500. The molecule has 1 atom stereocenters. The number of amides is 1. The summed E-state index contributed by atoms with van der Waals surface area (Å²) in [6, 6.07) is 3.01. The lowest BCUT2D eigenvalue weighted by Crippen LogP contribution is -2.42. The van der Waals surface area contributed by atoms with Crippen molar-refractivity contribution >= 4 is 46.6 Å². The van der Waals surface area contributed by atoms with Crippen molar-refractivity contribution in [2.24, 2.45) is 0 Å². The lowest BCUT2D eigenvalue weighted by molar-refractivity contribution is -0.148. The molecule has 4 nitrogen and oxygen atoms in total. The van der Waals surface area contributed by atoms with E-state index in [4.69, 9.17) is 16.7 Å². The molecule has 1 N–H and O–H groups in total. The lowest BCUT2D eigenvalue weighted by atomic mass is 10.2. The molecule has 1 aromatic rings. The second kappa shape index (κ2) is 7.77. The van der Waals surface area contributed by atoms with E-state index in [1.54, 1.807) is 6.92 Å². The number of carbonyl (C=O) groups is 2. The first-order chi connectivity index (χ1) is 8.95. The molecule has 1 rings (SSSR count). The van der Waals surface area contributed by atoms with E-state index in [9.17, 15) is 9.59 Å². The first kappa shape index (κ1) is 16.3. The van der Waals surface area contributed by atoms with Crippen LogP contribution < -0.4 is 0 Å². The average molecular weight is 322 g/mol. The van der Waals surface area contributed by atoms with Gasteiger partial charge in [0.25, 0.3) is 0 Å². The molecule has 1 unspecified atom stereocenters. The molecule has 0 bridgehead atoms. The predicted molar refractivity (Wildman–Crippen MR) is 80.0 cm³/mol. The molecule has 0 aliphatic heterocycles. The molecule has 7 heteroatoms. The number of hydrogen-bond donors (Lipinski definition) is 1. The minimum Gasteiger partial charge on any atom is -0.480 e. The third-order valence-corrected chi connectivity index (χ3v) is 5.01. The van der Waals surface area contributed by atoms with E-state index in [0.29, 0.717) is 12.2 Å².